The summed E-state index contributed by atoms with van der Waals surface area (Å²) in [6.07, 6.45) is 0. The summed E-state index contributed by atoms with van der Waals surface area (Å²) >= 11 is 0. The zero-order chi connectivity index (χ0) is 13.0. The number of benzene rings is 1. The molecule has 0 saturated heterocycles. The maximum absolute atomic E-state index is 11.3. The Morgan fingerprint density at radius 2 is 1.75 bits per heavy atom. The van der Waals surface area contributed by atoms with Crippen molar-refractivity contribution in [3.63, 3.8) is 0 Å². The highest BCUT2D eigenvalue weighted by Crippen LogP contribution is 2.02. The van der Waals surface area contributed by atoms with Gasteiger partial charge in [-0.2, -0.15) is 0 Å². The van der Waals surface area contributed by atoms with Gasteiger partial charge < -0.3 is 5.32 Å². The Hall–Kier alpha value is -1.31. The SMILES string of the molecule is CC.CC.CCNC(=O)c1cccc(C)c1. The van der Waals surface area contributed by atoms with Gasteiger partial charge >= 0.3 is 0 Å². The van der Waals surface area contributed by atoms with E-state index in [2.05, 4.69) is 5.32 Å². The molecule has 0 saturated carbocycles. The van der Waals surface area contributed by atoms with Crippen LogP contribution in [0.3, 0.4) is 0 Å². The van der Waals surface area contributed by atoms with Crippen molar-refractivity contribution < 1.29 is 4.79 Å². The van der Waals surface area contributed by atoms with E-state index in [1.54, 1.807) is 0 Å². The summed E-state index contributed by atoms with van der Waals surface area (Å²) in [5.41, 5.74) is 1.84. The molecular weight excluding hydrogens is 198 g/mol. The number of hydrogen-bond acceptors (Lipinski definition) is 1. The Kier molecular flexibility index (Phi) is 12.6. The average Bonchev–Trinajstić information content (AvgIpc) is 2.34. The summed E-state index contributed by atoms with van der Waals surface area (Å²) in [4.78, 5) is 11.3. The van der Waals surface area contributed by atoms with E-state index in [0.717, 1.165) is 11.1 Å². The first-order valence-corrected chi connectivity index (χ1v) is 6.09. The quantitative estimate of drug-likeness (QED) is 0.812. The molecule has 0 aromatic heterocycles. The number of carbonyl (C=O) groups excluding carboxylic acids is 1. The van der Waals surface area contributed by atoms with Crippen molar-refractivity contribution in [3.8, 4) is 0 Å². The fourth-order valence-corrected chi connectivity index (χ4v) is 1.05. The molecule has 1 aromatic rings. The third-order valence-electron chi connectivity index (χ3n) is 1.62. The monoisotopic (exact) mass is 223 g/mol. The standard InChI is InChI=1S/C10H13NO.2C2H6/c1-3-11-10(12)9-6-4-5-8(2)7-9;2*1-2/h4-7H,3H2,1-2H3,(H,11,12);2*1-2H3. The highest BCUT2D eigenvalue weighted by atomic mass is 16.1. The van der Waals surface area contributed by atoms with Crippen molar-refractivity contribution in [1.29, 1.82) is 0 Å². The molecule has 0 bridgehead atoms. The molecule has 0 heterocycles. The van der Waals surface area contributed by atoms with E-state index in [9.17, 15) is 4.79 Å². The zero-order valence-electron chi connectivity index (χ0n) is 11.4. The third-order valence-corrected chi connectivity index (χ3v) is 1.62. The maximum atomic E-state index is 11.3. The highest BCUT2D eigenvalue weighted by molar-refractivity contribution is 5.94. The van der Waals surface area contributed by atoms with Crippen LogP contribution in [0.1, 0.15) is 50.5 Å². The zero-order valence-corrected chi connectivity index (χ0v) is 11.4. The van der Waals surface area contributed by atoms with Crippen LogP contribution in [0, 0.1) is 6.92 Å². The van der Waals surface area contributed by atoms with Crippen molar-refractivity contribution in [1.82, 2.24) is 5.32 Å². The highest BCUT2D eigenvalue weighted by Gasteiger charge is 2.01. The lowest BCUT2D eigenvalue weighted by atomic mass is 10.1. The van der Waals surface area contributed by atoms with E-state index < -0.39 is 0 Å². The molecule has 0 radical (unpaired) electrons. The summed E-state index contributed by atoms with van der Waals surface area (Å²) < 4.78 is 0. The van der Waals surface area contributed by atoms with Gasteiger partial charge in [0.1, 0.15) is 0 Å². The predicted octanol–water partition coefficient (Wildman–Crippen LogP) is 3.80. The van der Waals surface area contributed by atoms with Gasteiger partial charge in [-0.3, -0.25) is 4.79 Å². The van der Waals surface area contributed by atoms with Crippen LogP contribution in [-0.2, 0) is 0 Å². The van der Waals surface area contributed by atoms with Gasteiger partial charge in [0.25, 0.3) is 5.91 Å². The summed E-state index contributed by atoms with van der Waals surface area (Å²) in [7, 11) is 0. The summed E-state index contributed by atoms with van der Waals surface area (Å²) in [6.45, 7) is 12.6. The molecule has 1 N–H and O–H groups in total. The Bertz CT molecular complexity index is 282. The summed E-state index contributed by atoms with van der Waals surface area (Å²) in [5, 5.41) is 2.75. The molecule has 0 aliphatic heterocycles. The van der Waals surface area contributed by atoms with Crippen LogP contribution in [0.15, 0.2) is 24.3 Å². The summed E-state index contributed by atoms with van der Waals surface area (Å²) in [6, 6.07) is 7.56. The fourth-order valence-electron chi connectivity index (χ4n) is 1.05. The van der Waals surface area contributed by atoms with Gasteiger partial charge in [-0.1, -0.05) is 45.4 Å². The van der Waals surface area contributed by atoms with Crippen LogP contribution in [-0.4, -0.2) is 12.5 Å². The molecule has 2 nitrogen and oxygen atoms in total. The Morgan fingerprint density at radius 1 is 1.19 bits per heavy atom. The van der Waals surface area contributed by atoms with Gasteiger partial charge in [0.05, 0.1) is 0 Å². The van der Waals surface area contributed by atoms with Crippen molar-refractivity contribution in [3.05, 3.63) is 35.4 Å². The Balaban J connectivity index is 0. The van der Waals surface area contributed by atoms with Crippen LogP contribution in [0.2, 0.25) is 0 Å². The molecule has 16 heavy (non-hydrogen) atoms. The number of carbonyl (C=O) groups is 1. The molecule has 1 amide bonds. The van der Waals surface area contributed by atoms with E-state index >= 15 is 0 Å². The van der Waals surface area contributed by atoms with Crippen molar-refractivity contribution in [2.24, 2.45) is 0 Å². The first kappa shape index (κ1) is 17.1. The van der Waals surface area contributed by atoms with E-state index in [-0.39, 0.29) is 5.91 Å². The largest absolute Gasteiger partial charge is 0.352 e. The van der Waals surface area contributed by atoms with Crippen LogP contribution in [0.4, 0.5) is 0 Å². The van der Waals surface area contributed by atoms with Crippen molar-refractivity contribution >= 4 is 5.91 Å². The second-order valence-corrected chi connectivity index (χ2v) is 2.73. The van der Waals surface area contributed by atoms with Gasteiger partial charge in [0, 0.05) is 12.1 Å². The molecule has 1 aromatic carbocycles. The molecule has 0 spiro atoms. The molecule has 0 aliphatic rings. The number of amides is 1. The van der Waals surface area contributed by atoms with Gasteiger partial charge in [-0.15, -0.1) is 0 Å². The number of hydrogen-bond donors (Lipinski definition) is 1. The van der Waals surface area contributed by atoms with E-state index in [1.807, 2.05) is 65.8 Å². The maximum Gasteiger partial charge on any atom is 0.251 e. The molecule has 92 valence electrons. The fraction of sp³-hybridized carbons (Fsp3) is 0.500. The molecular formula is C14H25NO. The number of rotatable bonds is 2. The van der Waals surface area contributed by atoms with Crippen molar-refractivity contribution in [2.45, 2.75) is 41.5 Å². The third kappa shape index (κ3) is 7.04. The van der Waals surface area contributed by atoms with Gasteiger partial charge in [0.2, 0.25) is 0 Å². The smallest absolute Gasteiger partial charge is 0.251 e. The predicted molar refractivity (Wildman–Crippen MR) is 71.9 cm³/mol. The Morgan fingerprint density at radius 3 is 2.19 bits per heavy atom. The average molecular weight is 223 g/mol. The minimum absolute atomic E-state index is 0.00111. The molecule has 2 heteroatoms. The van der Waals surface area contributed by atoms with E-state index in [1.165, 1.54) is 0 Å². The van der Waals surface area contributed by atoms with Gasteiger partial charge in [0.15, 0.2) is 0 Å². The lowest BCUT2D eigenvalue weighted by Gasteiger charge is -2.01. The molecule has 0 atom stereocenters. The molecule has 0 unspecified atom stereocenters. The lowest BCUT2D eigenvalue weighted by molar-refractivity contribution is 0.0955. The van der Waals surface area contributed by atoms with Crippen LogP contribution in [0.5, 0.6) is 0 Å². The van der Waals surface area contributed by atoms with Gasteiger partial charge in [-0.05, 0) is 26.0 Å². The minimum Gasteiger partial charge on any atom is -0.352 e. The lowest BCUT2D eigenvalue weighted by Crippen LogP contribution is -2.22. The topological polar surface area (TPSA) is 29.1 Å². The number of nitrogens with one attached hydrogen (secondary N) is 1. The van der Waals surface area contributed by atoms with E-state index in [4.69, 9.17) is 0 Å². The molecule has 0 aliphatic carbocycles. The molecule has 0 fully saturated rings. The van der Waals surface area contributed by atoms with Gasteiger partial charge in [-0.25, -0.2) is 0 Å². The minimum atomic E-state index is 0.00111. The first-order chi connectivity index (χ1) is 7.74. The normalized spacial score (nSPS) is 7.88. The van der Waals surface area contributed by atoms with E-state index in [0.29, 0.717) is 6.54 Å². The molecule has 1 rings (SSSR count). The number of aryl methyl sites for hydroxylation is 1. The van der Waals surface area contributed by atoms with Crippen molar-refractivity contribution in [2.75, 3.05) is 6.54 Å². The Labute approximate surface area is 100 Å². The summed E-state index contributed by atoms with van der Waals surface area (Å²) in [5.74, 6) is 0.00111. The first-order valence-electron chi connectivity index (χ1n) is 6.09. The van der Waals surface area contributed by atoms with Crippen LogP contribution >= 0.6 is 0 Å². The van der Waals surface area contributed by atoms with Crippen LogP contribution < -0.4 is 5.32 Å². The van der Waals surface area contributed by atoms with Crippen LogP contribution in [0.25, 0.3) is 0 Å². The second-order valence-electron chi connectivity index (χ2n) is 2.73. The second kappa shape index (κ2) is 11.8.